The molecule has 0 saturated heterocycles. The molecule has 0 fully saturated rings. The summed E-state index contributed by atoms with van der Waals surface area (Å²) in [6.07, 6.45) is 0. The molecule has 3 aliphatic heterocycles. The maximum Gasteiger partial charge on any atom is 0.337 e. The first-order chi connectivity index (χ1) is 13.1. The van der Waals surface area contributed by atoms with Crippen molar-refractivity contribution in [2.75, 3.05) is 24.0 Å². The molecule has 27 heavy (non-hydrogen) atoms. The highest BCUT2D eigenvalue weighted by Crippen LogP contribution is 2.48. The van der Waals surface area contributed by atoms with Crippen molar-refractivity contribution < 1.29 is 23.8 Å². The lowest BCUT2D eigenvalue weighted by molar-refractivity contribution is -0.136. The van der Waals surface area contributed by atoms with Crippen molar-refractivity contribution >= 4 is 23.3 Å². The van der Waals surface area contributed by atoms with Crippen LogP contribution in [0.4, 0.5) is 11.4 Å². The molecule has 0 saturated carbocycles. The first kappa shape index (κ1) is 15.7. The van der Waals surface area contributed by atoms with Gasteiger partial charge in [-0.2, -0.15) is 0 Å². The van der Waals surface area contributed by atoms with E-state index in [1.54, 1.807) is 0 Å². The Morgan fingerprint density at radius 1 is 1.11 bits per heavy atom. The van der Waals surface area contributed by atoms with Crippen molar-refractivity contribution in [3.8, 4) is 11.5 Å². The molecule has 0 aromatic heterocycles. The fourth-order valence-electron chi connectivity index (χ4n) is 3.74. The number of fused-ring (bicyclic) bond motifs is 2. The number of anilines is 2. The second-order valence-electron chi connectivity index (χ2n) is 6.62. The molecule has 1 unspecified atom stereocenters. The molecule has 7 heteroatoms. The van der Waals surface area contributed by atoms with Crippen LogP contribution in [0.2, 0.25) is 0 Å². The van der Waals surface area contributed by atoms with Crippen LogP contribution < -0.4 is 20.1 Å². The largest absolute Gasteiger partial charge is 0.456 e. The summed E-state index contributed by atoms with van der Waals surface area (Å²) in [6, 6.07) is 11.3. The van der Waals surface area contributed by atoms with Gasteiger partial charge >= 0.3 is 5.97 Å². The van der Waals surface area contributed by atoms with E-state index in [4.69, 9.17) is 14.2 Å². The van der Waals surface area contributed by atoms with Gasteiger partial charge in [0.05, 0.1) is 11.3 Å². The molecule has 1 amide bonds. The Morgan fingerprint density at radius 2 is 1.85 bits per heavy atom. The molecule has 3 aliphatic rings. The number of ether oxygens (including phenoxy) is 3. The first-order valence-corrected chi connectivity index (χ1v) is 8.58. The summed E-state index contributed by atoms with van der Waals surface area (Å²) in [5, 5.41) is 6.05. The highest BCUT2D eigenvalue weighted by atomic mass is 16.7. The average molecular weight is 364 g/mol. The SMILES string of the molecule is CC(=O)Nc1ccc(C2C3=C(COC3=O)Nc3cc4c(cc32)OCO4)cc1. The van der Waals surface area contributed by atoms with Crippen molar-refractivity contribution in [2.45, 2.75) is 12.8 Å². The fourth-order valence-corrected chi connectivity index (χ4v) is 3.74. The van der Waals surface area contributed by atoms with Crippen LogP contribution in [0, 0.1) is 0 Å². The third-order valence-electron chi connectivity index (χ3n) is 4.89. The van der Waals surface area contributed by atoms with E-state index in [2.05, 4.69) is 10.6 Å². The third kappa shape index (κ3) is 2.51. The highest BCUT2D eigenvalue weighted by molar-refractivity contribution is 5.97. The number of nitrogens with one attached hydrogen (secondary N) is 2. The quantitative estimate of drug-likeness (QED) is 0.797. The molecule has 0 bridgehead atoms. The molecule has 0 aliphatic carbocycles. The fraction of sp³-hybridized carbons (Fsp3) is 0.200. The monoisotopic (exact) mass is 364 g/mol. The van der Waals surface area contributed by atoms with E-state index < -0.39 is 0 Å². The van der Waals surface area contributed by atoms with Crippen molar-refractivity contribution in [1.82, 2.24) is 0 Å². The molecule has 3 heterocycles. The van der Waals surface area contributed by atoms with Crippen LogP contribution in [0.15, 0.2) is 47.7 Å². The second kappa shape index (κ2) is 5.77. The molecule has 0 radical (unpaired) electrons. The number of cyclic esters (lactones) is 1. The lowest BCUT2D eigenvalue weighted by Crippen LogP contribution is -2.20. The summed E-state index contributed by atoms with van der Waals surface area (Å²) in [4.78, 5) is 23.7. The van der Waals surface area contributed by atoms with Crippen molar-refractivity contribution in [2.24, 2.45) is 0 Å². The van der Waals surface area contributed by atoms with E-state index >= 15 is 0 Å². The highest BCUT2D eigenvalue weighted by Gasteiger charge is 2.39. The van der Waals surface area contributed by atoms with Crippen molar-refractivity contribution in [3.63, 3.8) is 0 Å². The minimum atomic E-state index is -0.322. The van der Waals surface area contributed by atoms with Crippen LogP contribution in [0.25, 0.3) is 0 Å². The Labute approximate surface area is 154 Å². The third-order valence-corrected chi connectivity index (χ3v) is 4.89. The van der Waals surface area contributed by atoms with Crippen LogP contribution in [-0.2, 0) is 14.3 Å². The molecule has 0 spiro atoms. The van der Waals surface area contributed by atoms with Gasteiger partial charge in [-0.05, 0) is 29.3 Å². The predicted molar refractivity (Wildman–Crippen MR) is 96.8 cm³/mol. The maximum absolute atomic E-state index is 12.4. The number of esters is 1. The average Bonchev–Trinajstić information content (AvgIpc) is 3.25. The maximum atomic E-state index is 12.4. The zero-order chi connectivity index (χ0) is 18.5. The van der Waals surface area contributed by atoms with Gasteiger partial charge in [0.2, 0.25) is 12.7 Å². The molecule has 7 nitrogen and oxygen atoms in total. The predicted octanol–water partition coefficient (Wildman–Crippen LogP) is 2.74. The molecule has 2 aromatic carbocycles. The number of benzene rings is 2. The Morgan fingerprint density at radius 3 is 2.59 bits per heavy atom. The zero-order valence-corrected chi connectivity index (χ0v) is 14.5. The minimum absolute atomic E-state index is 0.132. The smallest absolute Gasteiger partial charge is 0.337 e. The zero-order valence-electron chi connectivity index (χ0n) is 14.5. The molecule has 2 N–H and O–H groups in total. The molecule has 2 aromatic rings. The molecular weight excluding hydrogens is 348 g/mol. The van der Waals surface area contributed by atoms with Crippen molar-refractivity contribution in [1.29, 1.82) is 0 Å². The standard InChI is InChI=1S/C20H16N2O5/c1-10(23)21-12-4-2-11(3-5-12)18-13-6-16-17(27-9-26-16)7-14(13)22-15-8-25-20(24)19(15)18/h2-7,18,22H,8-9H2,1H3,(H,21,23). The van der Waals surface area contributed by atoms with E-state index in [-0.39, 0.29) is 31.2 Å². The van der Waals surface area contributed by atoms with Gasteiger partial charge in [-0.15, -0.1) is 0 Å². The Balaban J connectivity index is 1.63. The van der Waals surface area contributed by atoms with E-state index in [1.807, 2.05) is 36.4 Å². The van der Waals surface area contributed by atoms with Crippen molar-refractivity contribution in [3.05, 3.63) is 58.8 Å². The lowest BCUT2D eigenvalue weighted by atomic mass is 9.81. The van der Waals surface area contributed by atoms with Gasteiger partial charge < -0.3 is 24.8 Å². The number of amides is 1. The normalized spacial score (nSPS) is 19.1. The minimum Gasteiger partial charge on any atom is -0.456 e. The molecule has 136 valence electrons. The van der Waals surface area contributed by atoms with E-state index in [0.29, 0.717) is 22.8 Å². The van der Waals surface area contributed by atoms with E-state index in [0.717, 1.165) is 22.5 Å². The Hall–Kier alpha value is -3.48. The van der Waals surface area contributed by atoms with Gasteiger partial charge in [0.1, 0.15) is 6.61 Å². The Kier molecular flexibility index (Phi) is 3.36. The summed E-state index contributed by atoms with van der Waals surface area (Å²) in [5.41, 5.74) is 4.79. The number of carbonyl (C=O) groups is 2. The number of rotatable bonds is 2. The van der Waals surface area contributed by atoms with Gasteiger partial charge in [0.25, 0.3) is 0 Å². The topological polar surface area (TPSA) is 85.9 Å². The molecule has 5 rings (SSSR count). The summed E-state index contributed by atoms with van der Waals surface area (Å²) < 4.78 is 16.3. The second-order valence-corrected chi connectivity index (χ2v) is 6.62. The summed E-state index contributed by atoms with van der Waals surface area (Å²) in [7, 11) is 0. The van der Waals surface area contributed by atoms with Gasteiger partial charge in [0.15, 0.2) is 11.5 Å². The number of carbonyl (C=O) groups excluding carboxylic acids is 2. The van der Waals surface area contributed by atoms with E-state index in [9.17, 15) is 9.59 Å². The van der Waals surface area contributed by atoms with Crippen LogP contribution in [0.3, 0.4) is 0 Å². The summed E-state index contributed by atoms with van der Waals surface area (Å²) >= 11 is 0. The van der Waals surface area contributed by atoms with Gasteiger partial charge in [-0.25, -0.2) is 4.79 Å². The van der Waals surface area contributed by atoms with Crippen LogP contribution >= 0.6 is 0 Å². The van der Waals surface area contributed by atoms with Gasteiger partial charge in [-0.1, -0.05) is 12.1 Å². The first-order valence-electron chi connectivity index (χ1n) is 8.58. The number of hydrogen-bond donors (Lipinski definition) is 2. The van der Waals surface area contributed by atoms with Gasteiger partial charge in [0, 0.05) is 30.3 Å². The van der Waals surface area contributed by atoms with Gasteiger partial charge in [-0.3, -0.25) is 4.79 Å². The van der Waals surface area contributed by atoms with E-state index in [1.165, 1.54) is 6.92 Å². The van der Waals surface area contributed by atoms with Crippen LogP contribution in [-0.4, -0.2) is 25.3 Å². The lowest BCUT2D eigenvalue weighted by Gasteiger charge is -2.27. The summed E-state index contributed by atoms with van der Waals surface area (Å²) in [5.74, 6) is 0.594. The molecular formula is C20H16N2O5. The van der Waals surface area contributed by atoms with Crippen LogP contribution in [0.1, 0.15) is 24.0 Å². The molecule has 1 atom stereocenters. The number of hydrogen-bond acceptors (Lipinski definition) is 6. The Bertz CT molecular complexity index is 1010. The van der Waals surface area contributed by atoms with Crippen LogP contribution in [0.5, 0.6) is 11.5 Å². The summed E-state index contributed by atoms with van der Waals surface area (Å²) in [6.45, 7) is 1.87.